The predicted molar refractivity (Wildman–Crippen MR) is 158 cm³/mol. The van der Waals surface area contributed by atoms with Crippen molar-refractivity contribution in [2.75, 3.05) is 36.9 Å². The molecule has 1 saturated heterocycles. The summed E-state index contributed by atoms with van der Waals surface area (Å²) < 4.78 is 0. The molecule has 1 aromatic heterocycles. The van der Waals surface area contributed by atoms with Gasteiger partial charge in [0.15, 0.2) is 0 Å². The molecule has 196 valence electrons. The third-order valence-corrected chi connectivity index (χ3v) is 8.78. The Morgan fingerprint density at radius 2 is 1.95 bits per heavy atom. The lowest BCUT2D eigenvalue weighted by Crippen LogP contribution is -2.39. The SMILES string of the molecule is C=N/C=C\N=CCCNC(=C)c1c(NC)ccc(Sc2cnc(N3CCC4(CCCC4)CC3)cn2)c1Cl. The second kappa shape index (κ2) is 13.1. The minimum absolute atomic E-state index is 0.598. The standard InChI is InChI=1S/C28H36ClN7S/c1-21(33-14-6-13-32-16-15-30-2)26-22(31-3)7-8-23(27(26)29)37-25-20-34-24(19-35-25)36-17-11-28(12-18-36)9-4-5-10-28/h7-8,13,15-16,19-20,31,33H,1-2,4-6,9-12,14,17-18H2,3H3/b16-15-,32-13?. The zero-order valence-corrected chi connectivity index (χ0v) is 23.1. The molecule has 1 aromatic carbocycles. The van der Waals surface area contributed by atoms with Crippen LogP contribution in [0.3, 0.4) is 0 Å². The number of anilines is 2. The van der Waals surface area contributed by atoms with E-state index in [0.717, 1.165) is 52.2 Å². The molecule has 1 aliphatic carbocycles. The molecule has 2 fully saturated rings. The van der Waals surface area contributed by atoms with Gasteiger partial charge >= 0.3 is 0 Å². The van der Waals surface area contributed by atoms with E-state index in [1.165, 1.54) is 50.3 Å². The Hall–Kier alpha value is -2.84. The fourth-order valence-electron chi connectivity index (χ4n) is 5.21. The summed E-state index contributed by atoms with van der Waals surface area (Å²) in [7, 11) is 1.88. The lowest BCUT2D eigenvalue weighted by molar-refractivity contribution is 0.226. The molecule has 1 saturated carbocycles. The van der Waals surface area contributed by atoms with Gasteiger partial charge in [-0.1, -0.05) is 42.8 Å². The topological polar surface area (TPSA) is 77.8 Å². The third-order valence-electron chi connectivity index (χ3n) is 7.29. The monoisotopic (exact) mass is 537 g/mol. The number of rotatable bonds is 11. The van der Waals surface area contributed by atoms with Crippen molar-refractivity contribution in [3.05, 3.63) is 54.1 Å². The minimum atomic E-state index is 0.598. The Kier molecular flexibility index (Phi) is 9.63. The van der Waals surface area contributed by atoms with Crippen LogP contribution in [0.2, 0.25) is 5.02 Å². The molecule has 0 bridgehead atoms. The highest BCUT2D eigenvalue weighted by Gasteiger charge is 2.37. The Morgan fingerprint density at radius 1 is 1.16 bits per heavy atom. The number of aromatic nitrogens is 2. The molecule has 2 N–H and O–H groups in total. The first-order valence-electron chi connectivity index (χ1n) is 12.9. The summed E-state index contributed by atoms with van der Waals surface area (Å²) in [6.07, 6.45) is 17.6. The van der Waals surface area contributed by atoms with Crippen molar-refractivity contribution in [3.63, 3.8) is 0 Å². The summed E-state index contributed by atoms with van der Waals surface area (Å²) in [4.78, 5) is 20.5. The van der Waals surface area contributed by atoms with Crippen LogP contribution in [-0.4, -0.2) is 49.6 Å². The minimum Gasteiger partial charge on any atom is -0.388 e. The van der Waals surface area contributed by atoms with E-state index in [4.69, 9.17) is 21.6 Å². The van der Waals surface area contributed by atoms with Crippen LogP contribution in [0.25, 0.3) is 5.70 Å². The van der Waals surface area contributed by atoms with Gasteiger partial charge in [-0.3, -0.25) is 9.98 Å². The molecule has 2 aromatic rings. The van der Waals surface area contributed by atoms with Crippen molar-refractivity contribution in [2.45, 2.75) is 54.9 Å². The highest BCUT2D eigenvalue weighted by atomic mass is 35.5. The Labute approximate surface area is 229 Å². The van der Waals surface area contributed by atoms with Crippen LogP contribution in [0.4, 0.5) is 11.5 Å². The highest BCUT2D eigenvalue weighted by Crippen LogP contribution is 2.46. The first kappa shape index (κ1) is 27.2. The van der Waals surface area contributed by atoms with Crippen molar-refractivity contribution in [2.24, 2.45) is 15.4 Å². The molecular weight excluding hydrogens is 502 g/mol. The van der Waals surface area contributed by atoms with Crippen LogP contribution >= 0.6 is 23.4 Å². The van der Waals surface area contributed by atoms with Gasteiger partial charge in [-0.2, -0.15) is 0 Å². The smallest absolute Gasteiger partial charge is 0.147 e. The number of nitrogens with zero attached hydrogens (tertiary/aromatic N) is 5. The van der Waals surface area contributed by atoms with Crippen LogP contribution in [0, 0.1) is 5.41 Å². The van der Waals surface area contributed by atoms with E-state index in [9.17, 15) is 0 Å². The van der Waals surface area contributed by atoms with Crippen molar-refractivity contribution in [1.29, 1.82) is 0 Å². The molecule has 9 heteroatoms. The lowest BCUT2D eigenvalue weighted by Gasteiger charge is -2.39. The number of piperidine rings is 1. The Balaban J connectivity index is 1.38. The number of hydrogen-bond acceptors (Lipinski definition) is 8. The number of halogens is 1. The van der Waals surface area contributed by atoms with Crippen LogP contribution in [0.15, 0.2) is 63.4 Å². The highest BCUT2D eigenvalue weighted by molar-refractivity contribution is 7.99. The summed E-state index contributed by atoms with van der Waals surface area (Å²) in [5.74, 6) is 0.965. The predicted octanol–water partition coefficient (Wildman–Crippen LogP) is 6.68. The molecule has 2 heterocycles. The Morgan fingerprint density at radius 3 is 2.62 bits per heavy atom. The number of hydrogen-bond donors (Lipinski definition) is 2. The van der Waals surface area contributed by atoms with Gasteiger partial charge in [-0.25, -0.2) is 9.97 Å². The van der Waals surface area contributed by atoms with Gasteiger partial charge in [0.1, 0.15) is 10.8 Å². The molecule has 1 spiro atoms. The summed E-state index contributed by atoms with van der Waals surface area (Å²) >= 11 is 8.39. The summed E-state index contributed by atoms with van der Waals surface area (Å²) in [6.45, 7) is 10.4. The first-order chi connectivity index (χ1) is 18.0. The third kappa shape index (κ3) is 6.93. The van der Waals surface area contributed by atoms with Crippen molar-refractivity contribution >= 4 is 53.5 Å². The van der Waals surface area contributed by atoms with Gasteiger partial charge in [-0.15, -0.1) is 0 Å². The van der Waals surface area contributed by atoms with E-state index in [-0.39, 0.29) is 0 Å². The Bertz CT molecular complexity index is 1130. The molecular formula is C28H36ClN7S. The molecule has 0 amide bonds. The van der Waals surface area contributed by atoms with Gasteiger partial charge in [0.2, 0.25) is 0 Å². The maximum Gasteiger partial charge on any atom is 0.147 e. The van der Waals surface area contributed by atoms with Gasteiger partial charge in [-0.05, 0) is 56.4 Å². The summed E-state index contributed by atoms with van der Waals surface area (Å²) in [6, 6.07) is 4.02. The molecule has 0 unspecified atom stereocenters. The average Bonchev–Trinajstić information content (AvgIpc) is 3.37. The van der Waals surface area contributed by atoms with Gasteiger partial charge in [0.05, 0.1) is 17.4 Å². The molecule has 0 radical (unpaired) electrons. The fourth-order valence-corrected chi connectivity index (χ4v) is 6.37. The van der Waals surface area contributed by atoms with Gasteiger partial charge < -0.3 is 15.5 Å². The van der Waals surface area contributed by atoms with Gasteiger partial charge in [0.25, 0.3) is 0 Å². The summed E-state index contributed by atoms with van der Waals surface area (Å²) in [5, 5.41) is 8.01. The molecule has 7 nitrogen and oxygen atoms in total. The van der Waals surface area contributed by atoms with E-state index < -0.39 is 0 Å². The largest absolute Gasteiger partial charge is 0.388 e. The van der Waals surface area contributed by atoms with E-state index in [2.05, 4.69) is 38.8 Å². The van der Waals surface area contributed by atoms with E-state index in [1.807, 2.05) is 37.8 Å². The van der Waals surface area contributed by atoms with Crippen LogP contribution < -0.4 is 15.5 Å². The van der Waals surface area contributed by atoms with Crippen LogP contribution in [0.5, 0.6) is 0 Å². The maximum absolute atomic E-state index is 6.88. The molecule has 2 aliphatic rings. The second-order valence-corrected chi connectivity index (χ2v) is 11.0. The van der Waals surface area contributed by atoms with Crippen molar-refractivity contribution < 1.29 is 0 Å². The quantitative estimate of drug-likeness (QED) is 0.246. The zero-order chi connectivity index (χ0) is 26.1. The second-order valence-electron chi connectivity index (χ2n) is 9.57. The van der Waals surface area contributed by atoms with Crippen molar-refractivity contribution in [1.82, 2.24) is 15.3 Å². The van der Waals surface area contributed by atoms with Crippen molar-refractivity contribution in [3.8, 4) is 0 Å². The number of benzene rings is 1. The van der Waals surface area contributed by atoms with Gasteiger partial charge in [0, 0.05) is 67.1 Å². The normalized spacial score (nSPS) is 17.1. The molecule has 37 heavy (non-hydrogen) atoms. The van der Waals surface area contributed by atoms with E-state index >= 15 is 0 Å². The molecule has 0 atom stereocenters. The first-order valence-corrected chi connectivity index (χ1v) is 14.1. The summed E-state index contributed by atoms with van der Waals surface area (Å²) in [5.41, 5.74) is 3.10. The van der Waals surface area contributed by atoms with E-state index in [0.29, 0.717) is 17.0 Å². The lowest BCUT2D eigenvalue weighted by atomic mass is 9.77. The number of aliphatic imine (C=N–C) groups is 2. The molecule has 1 aliphatic heterocycles. The molecule has 4 rings (SSSR count). The maximum atomic E-state index is 6.88. The number of nitrogens with one attached hydrogen (secondary N) is 2. The zero-order valence-electron chi connectivity index (χ0n) is 21.5. The van der Waals surface area contributed by atoms with Crippen LogP contribution in [-0.2, 0) is 0 Å². The average molecular weight is 538 g/mol. The fraction of sp³-hybridized carbons (Fsp3) is 0.429. The van der Waals surface area contributed by atoms with E-state index in [1.54, 1.807) is 12.4 Å². The van der Waals surface area contributed by atoms with Crippen LogP contribution in [0.1, 0.15) is 50.5 Å².